The Hall–Kier alpha value is -1.89. The first kappa shape index (κ1) is 15.5. The molecular weight excluding hydrogens is 272 g/mol. The van der Waals surface area contributed by atoms with E-state index < -0.39 is 4.92 Å². The van der Waals surface area contributed by atoms with E-state index in [9.17, 15) is 15.2 Å². The topological polar surface area (TPSA) is 100 Å². The molecule has 1 aliphatic carbocycles. The number of hydrogen-bond acceptors (Lipinski definition) is 6. The number of anilines is 2. The second-order valence-corrected chi connectivity index (χ2v) is 5.45. The third kappa shape index (κ3) is 4.56. The van der Waals surface area contributed by atoms with Gasteiger partial charge in [-0.05, 0) is 32.1 Å². The van der Waals surface area contributed by atoms with Gasteiger partial charge in [-0.1, -0.05) is 6.42 Å². The lowest BCUT2D eigenvalue weighted by atomic mass is 9.87. The molecule has 1 fully saturated rings. The number of nitro groups is 1. The molecule has 116 valence electrons. The molecule has 0 amide bonds. The van der Waals surface area contributed by atoms with E-state index in [1.54, 1.807) is 0 Å². The lowest BCUT2D eigenvalue weighted by Gasteiger charge is -2.26. The Labute approximate surface area is 123 Å². The Morgan fingerprint density at radius 1 is 1.38 bits per heavy atom. The van der Waals surface area contributed by atoms with Crippen LogP contribution < -0.4 is 10.6 Å². The van der Waals surface area contributed by atoms with Crippen LogP contribution in [0.1, 0.15) is 32.6 Å². The number of aromatic nitrogens is 1. The highest BCUT2D eigenvalue weighted by atomic mass is 16.6. The lowest BCUT2D eigenvalue weighted by Crippen LogP contribution is -2.25. The summed E-state index contributed by atoms with van der Waals surface area (Å²) in [5.41, 5.74) is 0.0205. The molecule has 21 heavy (non-hydrogen) atoms. The third-order valence-corrected chi connectivity index (χ3v) is 3.71. The Kier molecular flexibility index (Phi) is 5.32. The molecule has 2 rings (SSSR count). The van der Waals surface area contributed by atoms with Crippen LogP contribution in [0, 0.1) is 16.0 Å². The molecule has 0 spiro atoms. The number of nitrogens with zero attached hydrogens (tertiary/aromatic N) is 2. The van der Waals surface area contributed by atoms with E-state index >= 15 is 0 Å². The SMILES string of the molecule is CCNc1cc([N+](=O)[O-])cc(NCC2CCCC(O)C2)n1. The Morgan fingerprint density at radius 3 is 2.71 bits per heavy atom. The minimum Gasteiger partial charge on any atom is -0.393 e. The van der Waals surface area contributed by atoms with E-state index in [0.29, 0.717) is 30.6 Å². The van der Waals surface area contributed by atoms with Crippen LogP contribution in [0.4, 0.5) is 17.3 Å². The van der Waals surface area contributed by atoms with Crippen LogP contribution in [0.5, 0.6) is 0 Å². The van der Waals surface area contributed by atoms with E-state index in [-0.39, 0.29) is 11.8 Å². The fourth-order valence-electron chi connectivity index (χ4n) is 2.68. The number of aliphatic hydroxyl groups is 1. The summed E-state index contributed by atoms with van der Waals surface area (Å²) in [6.45, 7) is 3.25. The Balaban J connectivity index is 2.02. The van der Waals surface area contributed by atoms with Gasteiger partial charge in [0.15, 0.2) is 0 Å². The summed E-state index contributed by atoms with van der Waals surface area (Å²) in [4.78, 5) is 14.8. The van der Waals surface area contributed by atoms with Crippen LogP contribution in [0.3, 0.4) is 0 Å². The van der Waals surface area contributed by atoms with Gasteiger partial charge in [0.1, 0.15) is 11.6 Å². The molecule has 7 nitrogen and oxygen atoms in total. The average molecular weight is 294 g/mol. The summed E-state index contributed by atoms with van der Waals surface area (Å²) >= 11 is 0. The minimum absolute atomic E-state index is 0.0205. The summed E-state index contributed by atoms with van der Waals surface area (Å²) in [6, 6.07) is 2.87. The highest BCUT2D eigenvalue weighted by Crippen LogP contribution is 2.25. The van der Waals surface area contributed by atoms with Gasteiger partial charge in [-0.2, -0.15) is 0 Å². The zero-order valence-electron chi connectivity index (χ0n) is 12.2. The molecule has 0 bridgehead atoms. The van der Waals surface area contributed by atoms with E-state index in [1.807, 2.05) is 6.92 Å². The van der Waals surface area contributed by atoms with Crippen molar-refractivity contribution in [1.29, 1.82) is 0 Å². The van der Waals surface area contributed by atoms with Gasteiger partial charge >= 0.3 is 0 Å². The highest BCUT2D eigenvalue weighted by Gasteiger charge is 2.20. The summed E-state index contributed by atoms with van der Waals surface area (Å²) in [5.74, 6) is 1.38. The molecular formula is C14H22N4O3. The van der Waals surface area contributed by atoms with Crippen LogP contribution in [0.25, 0.3) is 0 Å². The molecule has 7 heteroatoms. The summed E-state index contributed by atoms with van der Waals surface area (Å²) in [6.07, 6.45) is 3.52. The van der Waals surface area contributed by atoms with Crippen molar-refractivity contribution in [3.05, 3.63) is 22.2 Å². The molecule has 1 saturated carbocycles. The maximum Gasteiger partial charge on any atom is 0.276 e. The van der Waals surface area contributed by atoms with Gasteiger partial charge in [0.25, 0.3) is 5.69 Å². The first-order chi connectivity index (χ1) is 10.1. The van der Waals surface area contributed by atoms with Gasteiger partial charge in [0.2, 0.25) is 0 Å². The molecule has 2 unspecified atom stereocenters. The van der Waals surface area contributed by atoms with Gasteiger partial charge < -0.3 is 15.7 Å². The van der Waals surface area contributed by atoms with Gasteiger partial charge in [-0.3, -0.25) is 10.1 Å². The predicted octanol–water partition coefficient (Wildman–Crippen LogP) is 2.38. The van der Waals surface area contributed by atoms with Crippen LogP contribution >= 0.6 is 0 Å². The second kappa shape index (κ2) is 7.21. The molecule has 2 atom stereocenters. The maximum atomic E-state index is 10.9. The van der Waals surface area contributed by atoms with Crippen molar-refractivity contribution in [2.75, 3.05) is 23.7 Å². The zero-order valence-corrected chi connectivity index (χ0v) is 12.2. The Morgan fingerprint density at radius 2 is 2.10 bits per heavy atom. The van der Waals surface area contributed by atoms with Crippen molar-refractivity contribution in [3.8, 4) is 0 Å². The minimum atomic E-state index is -0.419. The lowest BCUT2D eigenvalue weighted by molar-refractivity contribution is -0.384. The van der Waals surface area contributed by atoms with Crippen molar-refractivity contribution in [2.45, 2.75) is 38.7 Å². The number of nitrogens with one attached hydrogen (secondary N) is 2. The van der Waals surface area contributed by atoms with Gasteiger partial charge in [-0.25, -0.2) is 4.98 Å². The quantitative estimate of drug-likeness (QED) is 0.550. The standard InChI is InChI=1S/C14H22N4O3/c1-2-15-13-7-11(18(20)21)8-14(17-13)16-9-10-4-3-5-12(19)6-10/h7-8,10,12,19H,2-6,9H2,1H3,(H2,15,16,17). The van der Waals surface area contributed by atoms with Gasteiger partial charge in [0, 0.05) is 13.1 Å². The number of hydrogen-bond donors (Lipinski definition) is 3. The van der Waals surface area contributed by atoms with E-state index in [1.165, 1.54) is 12.1 Å². The second-order valence-electron chi connectivity index (χ2n) is 5.45. The monoisotopic (exact) mass is 294 g/mol. The molecule has 1 aromatic rings. The first-order valence-electron chi connectivity index (χ1n) is 7.40. The average Bonchev–Trinajstić information content (AvgIpc) is 2.45. The summed E-state index contributed by atoms with van der Waals surface area (Å²) in [7, 11) is 0. The predicted molar refractivity (Wildman–Crippen MR) is 81.5 cm³/mol. The Bertz CT molecular complexity index is 495. The fourth-order valence-corrected chi connectivity index (χ4v) is 2.68. The van der Waals surface area contributed by atoms with Crippen LogP contribution in [-0.4, -0.2) is 34.2 Å². The molecule has 0 saturated heterocycles. The van der Waals surface area contributed by atoms with Gasteiger partial charge in [-0.15, -0.1) is 0 Å². The number of pyridine rings is 1. The molecule has 1 aliphatic rings. The van der Waals surface area contributed by atoms with E-state index in [2.05, 4.69) is 15.6 Å². The largest absolute Gasteiger partial charge is 0.393 e. The number of rotatable bonds is 6. The zero-order chi connectivity index (χ0) is 15.2. The van der Waals surface area contributed by atoms with Crippen molar-refractivity contribution in [1.82, 2.24) is 4.98 Å². The highest BCUT2D eigenvalue weighted by molar-refractivity contribution is 5.54. The van der Waals surface area contributed by atoms with Crippen molar-refractivity contribution < 1.29 is 10.0 Å². The van der Waals surface area contributed by atoms with Crippen LogP contribution in [0.2, 0.25) is 0 Å². The molecule has 0 radical (unpaired) electrons. The normalized spacial score (nSPS) is 21.8. The van der Waals surface area contributed by atoms with Crippen molar-refractivity contribution >= 4 is 17.3 Å². The smallest absolute Gasteiger partial charge is 0.276 e. The van der Waals surface area contributed by atoms with E-state index in [4.69, 9.17) is 0 Å². The molecule has 0 aromatic carbocycles. The maximum absolute atomic E-state index is 10.9. The van der Waals surface area contributed by atoms with E-state index in [0.717, 1.165) is 25.7 Å². The molecule has 3 N–H and O–H groups in total. The van der Waals surface area contributed by atoms with Crippen LogP contribution in [-0.2, 0) is 0 Å². The molecule has 1 aromatic heterocycles. The summed E-state index contributed by atoms with van der Waals surface area (Å²) < 4.78 is 0. The van der Waals surface area contributed by atoms with Gasteiger partial charge in [0.05, 0.1) is 23.2 Å². The molecule has 1 heterocycles. The van der Waals surface area contributed by atoms with Crippen molar-refractivity contribution in [3.63, 3.8) is 0 Å². The fraction of sp³-hybridized carbons (Fsp3) is 0.643. The number of aliphatic hydroxyl groups excluding tert-OH is 1. The van der Waals surface area contributed by atoms with Crippen molar-refractivity contribution in [2.24, 2.45) is 5.92 Å². The van der Waals surface area contributed by atoms with Crippen LogP contribution in [0.15, 0.2) is 12.1 Å². The third-order valence-electron chi connectivity index (χ3n) is 3.71. The molecule has 0 aliphatic heterocycles. The summed E-state index contributed by atoms with van der Waals surface area (Å²) in [5, 5.41) is 26.8. The first-order valence-corrected chi connectivity index (χ1v) is 7.40.